The number of H-pyrrole nitrogens is 2. The first-order valence-corrected chi connectivity index (χ1v) is 5.62. The van der Waals surface area contributed by atoms with Crippen molar-refractivity contribution in [3.05, 3.63) is 40.2 Å². The van der Waals surface area contributed by atoms with Crippen LogP contribution in [0.2, 0.25) is 0 Å². The summed E-state index contributed by atoms with van der Waals surface area (Å²) in [7, 11) is 0. The van der Waals surface area contributed by atoms with Crippen molar-refractivity contribution in [1.29, 1.82) is 0 Å². The molecule has 0 atom stereocenters. The van der Waals surface area contributed by atoms with Crippen LogP contribution in [0.1, 0.15) is 12.6 Å². The van der Waals surface area contributed by atoms with E-state index in [9.17, 15) is 4.79 Å². The number of aromatic nitrogens is 2. The van der Waals surface area contributed by atoms with Gasteiger partial charge in [0.15, 0.2) is 5.43 Å². The lowest BCUT2D eigenvalue weighted by molar-refractivity contribution is 1.06. The number of hydrogen-bond donors (Lipinski definition) is 3. The van der Waals surface area contributed by atoms with Gasteiger partial charge in [0, 0.05) is 11.1 Å². The quantitative estimate of drug-likeness (QED) is 0.596. The Kier molecular flexibility index (Phi) is 1.98. The molecule has 4 nitrogen and oxygen atoms in total. The summed E-state index contributed by atoms with van der Waals surface area (Å²) in [6.07, 6.45) is 0.836. The zero-order chi connectivity index (χ0) is 12.0. The lowest BCUT2D eigenvalue weighted by Gasteiger charge is -2.02. The number of aryl methyl sites for hydroxylation is 1. The molecule has 17 heavy (non-hydrogen) atoms. The smallest absolute Gasteiger partial charge is 0.188 e. The third-order valence-corrected chi connectivity index (χ3v) is 3.07. The molecule has 86 valence electrons. The molecule has 1 aromatic carbocycles. The monoisotopic (exact) mass is 227 g/mol. The maximum atomic E-state index is 11.9. The topological polar surface area (TPSA) is 74.7 Å². The molecule has 0 bridgehead atoms. The number of aromatic amines is 2. The molecule has 2 heterocycles. The van der Waals surface area contributed by atoms with Crippen molar-refractivity contribution in [2.75, 3.05) is 5.73 Å². The van der Waals surface area contributed by atoms with Gasteiger partial charge in [0.05, 0.1) is 16.4 Å². The molecule has 0 amide bonds. The maximum absolute atomic E-state index is 11.9. The molecule has 0 aliphatic carbocycles. The molecule has 3 rings (SSSR count). The van der Waals surface area contributed by atoms with Crippen LogP contribution in [-0.4, -0.2) is 9.97 Å². The summed E-state index contributed by atoms with van der Waals surface area (Å²) in [6, 6.07) is 7.06. The Hall–Kier alpha value is -2.23. The highest BCUT2D eigenvalue weighted by Gasteiger charge is 2.10. The normalized spacial score (nSPS) is 11.4. The van der Waals surface area contributed by atoms with E-state index in [1.807, 2.05) is 19.1 Å². The summed E-state index contributed by atoms with van der Waals surface area (Å²) in [6.45, 7) is 2.05. The van der Waals surface area contributed by atoms with Crippen molar-refractivity contribution in [3.8, 4) is 0 Å². The minimum Gasteiger partial charge on any atom is -0.385 e. The fourth-order valence-electron chi connectivity index (χ4n) is 2.32. The van der Waals surface area contributed by atoms with E-state index in [-0.39, 0.29) is 5.43 Å². The van der Waals surface area contributed by atoms with E-state index in [4.69, 9.17) is 5.73 Å². The van der Waals surface area contributed by atoms with Gasteiger partial charge in [-0.3, -0.25) is 4.79 Å². The van der Waals surface area contributed by atoms with Crippen LogP contribution in [0.5, 0.6) is 0 Å². The average Bonchev–Trinajstić information content (AvgIpc) is 2.67. The zero-order valence-electron chi connectivity index (χ0n) is 9.50. The Balaban J connectivity index is 2.62. The first-order chi connectivity index (χ1) is 8.20. The van der Waals surface area contributed by atoms with E-state index >= 15 is 0 Å². The van der Waals surface area contributed by atoms with Gasteiger partial charge in [0.1, 0.15) is 5.82 Å². The Labute approximate surface area is 97.5 Å². The predicted molar refractivity (Wildman–Crippen MR) is 70.2 cm³/mol. The lowest BCUT2D eigenvalue weighted by Crippen LogP contribution is -1.98. The Morgan fingerprint density at radius 3 is 2.88 bits per heavy atom. The van der Waals surface area contributed by atoms with Crippen LogP contribution >= 0.6 is 0 Å². The van der Waals surface area contributed by atoms with Crippen molar-refractivity contribution >= 4 is 27.6 Å². The number of nitrogens with one attached hydrogen (secondary N) is 2. The number of pyridine rings is 1. The Morgan fingerprint density at radius 2 is 2.12 bits per heavy atom. The van der Waals surface area contributed by atoms with Crippen LogP contribution < -0.4 is 11.2 Å². The van der Waals surface area contributed by atoms with E-state index in [1.165, 1.54) is 0 Å². The second-order valence-corrected chi connectivity index (χ2v) is 4.15. The molecule has 0 aliphatic heterocycles. The number of anilines is 1. The van der Waals surface area contributed by atoms with Crippen LogP contribution in [0.3, 0.4) is 0 Å². The molecule has 0 fully saturated rings. The second kappa shape index (κ2) is 3.38. The first kappa shape index (κ1) is 9.96. The van der Waals surface area contributed by atoms with Gasteiger partial charge in [-0.1, -0.05) is 13.0 Å². The highest BCUT2D eigenvalue weighted by Crippen LogP contribution is 2.26. The number of hydrogen-bond acceptors (Lipinski definition) is 2. The SMILES string of the molecule is CCc1[nH]c(N)cc2c1[nH]c1cccc(=O)c12. The molecule has 0 aliphatic rings. The molecule has 3 aromatic rings. The van der Waals surface area contributed by atoms with Gasteiger partial charge in [-0.2, -0.15) is 0 Å². The molecule has 0 saturated carbocycles. The zero-order valence-corrected chi connectivity index (χ0v) is 9.50. The molecular weight excluding hydrogens is 214 g/mol. The van der Waals surface area contributed by atoms with E-state index in [1.54, 1.807) is 12.1 Å². The van der Waals surface area contributed by atoms with Crippen molar-refractivity contribution in [1.82, 2.24) is 9.97 Å². The molecule has 0 unspecified atom stereocenters. The summed E-state index contributed by atoms with van der Waals surface area (Å²) < 4.78 is 0. The van der Waals surface area contributed by atoms with Crippen LogP contribution in [0, 0.1) is 0 Å². The van der Waals surface area contributed by atoms with Gasteiger partial charge in [-0.25, -0.2) is 0 Å². The molecule has 4 N–H and O–H groups in total. The van der Waals surface area contributed by atoms with Crippen LogP contribution in [0.25, 0.3) is 21.8 Å². The van der Waals surface area contributed by atoms with Crippen molar-refractivity contribution in [2.45, 2.75) is 13.3 Å². The molecule has 4 heteroatoms. The minimum absolute atomic E-state index is 0.0291. The van der Waals surface area contributed by atoms with Gasteiger partial charge in [0.2, 0.25) is 0 Å². The largest absolute Gasteiger partial charge is 0.385 e. The molecule has 0 radical (unpaired) electrons. The van der Waals surface area contributed by atoms with Crippen molar-refractivity contribution in [3.63, 3.8) is 0 Å². The fourth-order valence-corrected chi connectivity index (χ4v) is 2.32. The third kappa shape index (κ3) is 1.34. The summed E-state index contributed by atoms with van der Waals surface area (Å²) in [5, 5.41) is 1.62. The molecule has 2 aromatic heterocycles. The van der Waals surface area contributed by atoms with E-state index in [0.29, 0.717) is 5.82 Å². The number of rotatable bonds is 1. The standard InChI is InChI=1S/C13H13N3O/c1-2-8-13-7(6-11(14)15-8)12-9(16-13)4-3-5-10(12)17/h3-6,15-16H,2,14H2,1H3. The third-order valence-electron chi connectivity index (χ3n) is 3.07. The van der Waals surface area contributed by atoms with E-state index in [0.717, 1.165) is 33.9 Å². The Bertz CT molecular complexity index is 767. The average molecular weight is 227 g/mol. The summed E-state index contributed by atoms with van der Waals surface area (Å²) in [4.78, 5) is 18.3. The predicted octanol–water partition coefficient (Wildman–Crippen LogP) is 2.15. The highest BCUT2D eigenvalue weighted by atomic mass is 16.1. The number of fused-ring (bicyclic) bond motifs is 3. The first-order valence-electron chi connectivity index (χ1n) is 5.62. The van der Waals surface area contributed by atoms with Gasteiger partial charge in [-0.05, 0) is 24.6 Å². The molecule has 0 spiro atoms. The lowest BCUT2D eigenvalue weighted by atomic mass is 10.1. The number of nitrogen functional groups attached to an aromatic ring is 1. The minimum atomic E-state index is 0.0291. The van der Waals surface area contributed by atoms with Gasteiger partial charge in [0.25, 0.3) is 0 Å². The number of benzene rings is 1. The van der Waals surface area contributed by atoms with Crippen LogP contribution in [0.15, 0.2) is 29.1 Å². The van der Waals surface area contributed by atoms with Crippen molar-refractivity contribution in [2.24, 2.45) is 0 Å². The van der Waals surface area contributed by atoms with Gasteiger partial charge < -0.3 is 15.7 Å². The fraction of sp³-hybridized carbons (Fsp3) is 0.154. The van der Waals surface area contributed by atoms with Crippen molar-refractivity contribution < 1.29 is 0 Å². The van der Waals surface area contributed by atoms with Gasteiger partial charge >= 0.3 is 0 Å². The summed E-state index contributed by atoms with van der Waals surface area (Å²) in [5.74, 6) is 0.582. The van der Waals surface area contributed by atoms with Gasteiger partial charge in [-0.15, -0.1) is 0 Å². The van der Waals surface area contributed by atoms with Crippen LogP contribution in [-0.2, 0) is 6.42 Å². The highest BCUT2D eigenvalue weighted by molar-refractivity contribution is 6.08. The summed E-state index contributed by atoms with van der Waals surface area (Å²) in [5.41, 5.74) is 8.72. The van der Waals surface area contributed by atoms with E-state index in [2.05, 4.69) is 9.97 Å². The number of nitrogens with two attached hydrogens (primary N) is 1. The van der Waals surface area contributed by atoms with E-state index < -0.39 is 0 Å². The maximum Gasteiger partial charge on any atom is 0.188 e. The molecular formula is C13H13N3O. The second-order valence-electron chi connectivity index (χ2n) is 4.15. The molecule has 0 saturated heterocycles. The van der Waals surface area contributed by atoms with Crippen LogP contribution in [0.4, 0.5) is 5.82 Å². The Morgan fingerprint density at radius 1 is 1.29 bits per heavy atom. The summed E-state index contributed by atoms with van der Waals surface area (Å²) >= 11 is 0.